The molecule has 0 aromatic carbocycles. The van der Waals surface area contributed by atoms with E-state index in [-0.39, 0.29) is 0 Å². The zero-order valence-corrected chi connectivity index (χ0v) is 12.6. The summed E-state index contributed by atoms with van der Waals surface area (Å²) in [6.07, 6.45) is 1.61. The molecule has 19 heavy (non-hydrogen) atoms. The molecule has 0 saturated carbocycles. The van der Waals surface area contributed by atoms with Gasteiger partial charge in [0.05, 0.1) is 12.3 Å². The molecule has 0 saturated heterocycles. The van der Waals surface area contributed by atoms with Crippen LogP contribution in [0.3, 0.4) is 0 Å². The number of carboxylic acid groups (broad SMARTS) is 1. The summed E-state index contributed by atoms with van der Waals surface area (Å²) in [5.41, 5.74) is 0.699. The van der Waals surface area contributed by atoms with Crippen molar-refractivity contribution in [3.05, 3.63) is 10.6 Å². The maximum atomic E-state index is 11.2. The Morgan fingerprint density at radius 3 is 2.68 bits per heavy atom. The van der Waals surface area contributed by atoms with Gasteiger partial charge in [0.15, 0.2) is 5.13 Å². The summed E-state index contributed by atoms with van der Waals surface area (Å²) < 4.78 is 5.34. The molecule has 108 valence electrons. The molecule has 1 N–H and O–H groups in total. The molecule has 0 spiro atoms. The van der Waals surface area contributed by atoms with Gasteiger partial charge in [-0.3, -0.25) is 0 Å². The number of likely N-dealkylation sites (N-methyl/N-ethyl adjacent to an activating group) is 1. The molecular formula is C13H22N2O3S. The number of anilines is 1. The number of ether oxygens (including phenoxy) is 1. The minimum Gasteiger partial charge on any atom is -0.477 e. The summed E-state index contributed by atoms with van der Waals surface area (Å²) in [7, 11) is 0. The van der Waals surface area contributed by atoms with E-state index in [4.69, 9.17) is 4.74 Å². The first-order chi connectivity index (χ1) is 9.13. The highest BCUT2D eigenvalue weighted by Gasteiger charge is 2.19. The molecule has 0 aliphatic rings. The Bertz CT molecular complexity index is 407. The Morgan fingerprint density at radius 1 is 1.42 bits per heavy atom. The lowest BCUT2D eigenvalue weighted by Gasteiger charge is -2.19. The maximum absolute atomic E-state index is 11.2. The summed E-state index contributed by atoms with van der Waals surface area (Å²) in [6.45, 7) is 8.88. The molecule has 0 aliphatic carbocycles. The summed E-state index contributed by atoms with van der Waals surface area (Å²) in [5.74, 6) is -0.881. The monoisotopic (exact) mass is 286 g/mol. The summed E-state index contributed by atoms with van der Waals surface area (Å²) in [4.78, 5) is 18.1. The minimum atomic E-state index is -0.881. The molecule has 1 aromatic rings. The van der Waals surface area contributed by atoms with Crippen LogP contribution in [-0.2, 0) is 11.2 Å². The molecule has 0 radical (unpaired) electrons. The highest BCUT2D eigenvalue weighted by molar-refractivity contribution is 7.17. The first kappa shape index (κ1) is 15.9. The molecule has 0 atom stereocenters. The second-order valence-electron chi connectivity index (χ2n) is 4.10. The molecule has 0 aliphatic heterocycles. The number of aromatic nitrogens is 1. The van der Waals surface area contributed by atoms with Crippen molar-refractivity contribution in [2.24, 2.45) is 0 Å². The van der Waals surface area contributed by atoms with Crippen LogP contribution in [0.25, 0.3) is 0 Å². The van der Waals surface area contributed by atoms with Crippen molar-refractivity contribution >= 4 is 22.4 Å². The number of hydrogen-bond acceptors (Lipinski definition) is 5. The number of carbonyl (C=O) groups is 1. The Balaban J connectivity index is 2.85. The van der Waals surface area contributed by atoms with E-state index in [0.717, 1.165) is 24.6 Å². The molecule has 1 aromatic heterocycles. The fraction of sp³-hybridized carbons (Fsp3) is 0.692. The van der Waals surface area contributed by atoms with Gasteiger partial charge in [0, 0.05) is 19.7 Å². The SMILES string of the molecule is CCCc1nc(N(CC)CCOCC)sc1C(=O)O. The summed E-state index contributed by atoms with van der Waals surface area (Å²) >= 11 is 1.26. The lowest BCUT2D eigenvalue weighted by molar-refractivity contribution is 0.0700. The van der Waals surface area contributed by atoms with Crippen molar-refractivity contribution in [2.45, 2.75) is 33.6 Å². The molecule has 5 nitrogen and oxygen atoms in total. The Kier molecular flexibility index (Phi) is 6.80. The second-order valence-corrected chi connectivity index (χ2v) is 5.08. The van der Waals surface area contributed by atoms with Gasteiger partial charge in [0.1, 0.15) is 4.88 Å². The van der Waals surface area contributed by atoms with E-state index in [1.165, 1.54) is 11.3 Å². The van der Waals surface area contributed by atoms with Crippen molar-refractivity contribution in [2.75, 3.05) is 31.2 Å². The number of nitrogens with zero attached hydrogens (tertiary/aromatic N) is 2. The third-order valence-corrected chi connectivity index (χ3v) is 3.88. The van der Waals surface area contributed by atoms with Gasteiger partial charge in [0.25, 0.3) is 0 Å². The molecule has 0 amide bonds. The predicted molar refractivity (Wildman–Crippen MR) is 77.4 cm³/mol. The van der Waals surface area contributed by atoms with Crippen LogP contribution in [0.5, 0.6) is 0 Å². The summed E-state index contributed by atoms with van der Waals surface area (Å²) in [5, 5.41) is 9.98. The van der Waals surface area contributed by atoms with Crippen molar-refractivity contribution in [1.29, 1.82) is 0 Å². The third kappa shape index (κ3) is 4.47. The van der Waals surface area contributed by atoms with Crippen LogP contribution in [0.4, 0.5) is 5.13 Å². The van der Waals surface area contributed by atoms with E-state index in [1.807, 2.05) is 20.8 Å². The first-order valence-corrected chi connectivity index (χ1v) is 7.51. The molecular weight excluding hydrogens is 264 g/mol. The molecule has 1 rings (SSSR count). The highest BCUT2D eigenvalue weighted by atomic mass is 32.1. The molecule has 0 unspecified atom stereocenters. The smallest absolute Gasteiger partial charge is 0.347 e. The average molecular weight is 286 g/mol. The van der Waals surface area contributed by atoms with Gasteiger partial charge in [-0.05, 0) is 20.3 Å². The largest absolute Gasteiger partial charge is 0.477 e. The number of hydrogen-bond donors (Lipinski definition) is 1. The third-order valence-electron chi connectivity index (χ3n) is 2.73. The van der Waals surface area contributed by atoms with Crippen molar-refractivity contribution in [3.8, 4) is 0 Å². The fourth-order valence-corrected chi connectivity index (χ4v) is 2.80. The lowest BCUT2D eigenvalue weighted by atomic mass is 10.2. The average Bonchev–Trinajstić information content (AvgIpc) is 2.79. The van der Waals surface area contributed by atoms with Gasteiger partial charge in [-0.15, -0.1) is 0 Å². The quantitative estimate of drug-likeness (QED) is 0.707. The standard InChI is InChI=1S/C13H22N2O3S/c1-4-7-10-11(12(16)17)19-13(14-10)15(5-2)8-9-18-6-3/h4-9H2,1-3H3,(H,16,17). The normalized spacial score (nSPS) is 10.7. The van der Waals surface area contributed by atoms with Gasteiger partial charge in [0.2, 0.25) is 0 Å². The van der Waals surface area contributed by atoms with E-state index in [9.17, 15) is 9.90 Å². The van der Waals surface area contributed by atoms with E-state index >= 15 is 0 Å². The van der Waals surface area contributed by atoms with Gasteiger partial charge < -0.3 is 14.7 Å². The van der Waals surface area contributed by atoms with Gasteiger partial charge >= 0.3 is 5.97 Å². The molecule has 0 fully saturated rings. The summed E-state index contributed by atoms with van der Waals surface area (Å²) in [6, 6.07) is 0. The molecule has 6 heteroatoms. The van der Waals surface area contributed by atoms with Crippen molar-refractivity contribution in [1.82, 2.24) is 4.98 Å². The van der Waals surface area contributed by atoms with Crippen LogP contribution in [-0.4, -0.2) is 42.4 Å². The number of aryl methyl sites for hydroxylation is 1. The van der Waals surface area contributed by atoms with Gasteiger partial charge in [-0.25, -0.2) is 9.78 Å². The maximum Gasteiger partial charge on any atom is 0.347 e. The van der Waals surface area contributed by atoms with Crippen LogP contribution in [0, 0.1) is 0 Å². The van der Waals surface area contributed by atoms with Crippen LogP contribution in [0.1, 0.15) is 42.6 Å². The Morgan fingerprint density at radius 2 is 2.16 bits per heavy atom. The van der Waals surface area contributed by atoms with Gasteiger partial charge in [-0.2, -0.15) is 0 Å². The zero-order chi connectivity index (χ0) is 14.3. The van der Waals surface area contributed by atoms with E-state index in [0.29, 0.717) is 30.2 Å². The number of carboxylic acids is 1. The Hall–Kier alpha value is -1.14. The zero-order valence-electron chi connectivity index (χ0n) is 11.8. The highest BCUT2D eigenvalue weighted by Crippen LogP contribution is 2.27. The number of rotatable bonds is 9. The predicted octanol–water partition coefficient (Wildman–Crippen LogP) is 2.66. The first-order valence-electron chi connectivity index (χ1n) is 6.69. The number of thiazole rings is 1. The Labute approximate surface area is 118 Å². The topological polar surface area (TPSA) is 62.7 Å². The van der Waals surface area contributed by atoms with E-state index in [1.54, 1.807) is 0 Å². The van der Waals surface area contributed by atoms with Gasteiger partial charge in [-0.1, -0.05) is 24.7 Å². The van der Waals surface area contributed by atoms with Crippen LogP contribution < -0.4 is 4.90 Å². The number of aromatic carboxylic acids is 1. The minimum absolute atomic E-state index is 0.367. The van der Waals surface area contributed by atoms with Crippen molar-refractivity contribution in [3.63, 3.8) is 0 Å². The van der Waals surface area contributed by atoms with Crippen LogP contribution in [0.2, 0.25) is 0 Å². The van der Waals surface area contributed by atoms with E-state index < -0.39 is 5.97 Å². The lowest BCUT2D eigenvalue weighted by Crippen LogP contribution is -2.27. The molecule has 1 heterocycles. The van der Waals surface area contributed by atoms with Crippen LogP contribution >= 0.6 is 11.3 Å². The van der Waals surface area contributed by atoms with E-state index in [2.05, 4.69) is 9.88 Å². The van der Waals surface area contributed by atoms with Crippen molar-refractivity contribution < 1.29 is 14.6 Å². The van der Waals surface area contributed by atoms with Crippen LogP contribution in [0.15, 0.2) is 0 Å². The molecule has 0 bridgehead atoms. The second kappa shape index (κ2) is 8.12. The fourth-order valence-electron chi connectivity index (χ4n) is 1.76.